The van der Waals surface area contributed by atoms with Gasteiger partial charge < -0.3 is 5.32 Å². The molecule has 5 heteroatoms. The summed E-state index contributed by atoms with van der Waals surface area (Å²) in [5, 5.41) is 3.26. The summed E-state index contributed by atoms with van der Waals surface area (Å²) < 4.78 is 0. The van der Waals surface area contributed by atoms with E-state index in [1.807, 2.05) is 30.3 Å². The zero-order valence-electron chi connectivity index (χ0n) is 22.1. The zero-order valence-corrected chi connectivity index (χ0v) is 22.1. The van der Waals surface area contributed by atoms with E-state index >= 15 is 0 Å². The molecule has 5 nitrogen and oxygen atoms in total. The van der Waals surface area contributed by atoms with Gasteiger partial charge in [-0.2, -0.15) is 0 Å². The van der Waals surface area contributed by atoms with Crippen LogP contribution in [-0.2, 0) is 9.59 Å². The van der Waals surface area contributed by atoms with E-state index in [1.165, 1.54) is 0 Å². The molecule has 1 aliphatic heterocycles. The smallest absolute Gasteiger partial charge is 0.260 e. The van der Waals surface area contributed by atoms with Crippen LogP contribution < -0.4 is 5.32 Å². The third-order valence-corrected chi connectivity index (χ3v) is 10.3. The molecule has 190 valence electrons. The normalized spacial score (nSPS) is 38.8. The van der Waals surface area contributed by atoms with Gasteiger partial charge in [-0.05, 0) is 106 Å². The predicted molar refractivity (Wildman–Crippen MR) is 136 cm³/mol. The second-order valence-electron chi connectivity index (χ2n) is 13.3. The van der Waals surface area contributed by atoms with Gasteiger partial charge in [0.15, 0.2) is 0 Å². The van der Waals surface area contributed by atoms with Gasteiger partial charge in [0.25, 0.3) is 5.91 Å². The Balaban J connectivity index is 1.40. The Hall–Kier alpha value is -2.17. The molecule has 3 aliphatic carbocycles. The largest absolute Gasteiger partial charge is 0.351 e. The van der Waals surface area contributed by atoms with Gasteiger partial charge in [-0.25, -0.2) is 0 Å². The molecule has 7 atom stereocenters. The first-order valence-corrected chi connectivity index (χ1v) is 13.7. The van der Waals surface area contributed by atoms with Crippen LogP contribution in [-0.4, -0.2) is 34.2 Å². The lowest BCUT2D eigenvalue weighted by atomic mass is 9.46. The summed E-state index contributed by atoms with van der Waals surface area (Å²) in [5.41, 5.74) is 0.391. The number of likely N-dealkylation sites (tertiary alicyclic amines) is 1. The SMILES string of the molecule is CC(C)(C)NC(=O)[C@H]1CC[C@H]2[C@@H]3CC[C@H]4N(C(=O)c5ccccc5)C(=O)CC[C@]4(C)[C@H]3CC[C@]12C. The van der Waals surface area contributed by atoms with Crippen LogP contribution >= 0.6 is 0 Å². The first-order valence-electron chi connectivity index (χ1n) is 13.7. The van der Waals surface area contributed by atoms with Gasteiger partial charge in [-0.3, -0.25) is 19.3 Å². The number of benzene rings is 1. The average molecular weight is 479 g/mol. The van der Waals surface area contributed by atoms with Gasteiger partial charge >= 0.3 is 0 Å². The zero-order chi connectivity index (χ0) is 25.2. The van der Waals surface area contributed by atoms with Crippen LogP contribution in [0.25, 0.3) is 0 Å². The van der Waals surface area contributed by atoms with Crippen LogP contribution in [0.2, 0.25) is 0 Å². The van der Waals surface area contributed by atoms with Gasteiger partial charge in [0.1, 0.15) is 0 Å². The maximum Gasteiger partial charge on any atom is 0.260 e. The summed E-state index contributed by atoms with van der Waals surface area (Å²) in [6.07, 6.45) is 7.49. The third kappa shape index (κ3) is 3.94. The Morgan fingerprint density at radius 2 is 1.60 bits per heavy atom. The Labute approximate surface area is 210 Å². The summed E-state index contributed by atoms with van der Waals surface area (Å²) >= 11 is 0. The monoisotopic (exact) mass is 478 g/mol. The van der Waals surface area contributed by atoms with Crippen molar-refractivity contribution in [1.82, 2.24) is 10.2 Å². The summed E-state index contributed by atoms with van der Waals surface area (Å²) in [4.78, 5) is 41.5. The van der Waals surface area contributed by atoms with E-state index < -0.39 is 0 Å². The average Bonchev–Trinajstić information content (AvgIpc) is 3.16. The highest BCUT2D eigenvalue weighted by Gasteiger charge is 2.63. The Kier molecular flexibility index (Phi) is 5.92. The lowest BCUT2D eigenvalue weighted by molar-refractivity contribution is -0.157. The summed E-state index contributed by atoms with van der Waals surface area (Å²) in [7, 11) is 0. The van der Waals surface area contributed by atoms with Crippen molar-refractivity contribution < 1.29 is 14.4 Å². The molecule has 0 bridgehead atoms. The molecule has 1 saturated heterocycles. The summed E-state index contributed by atoms with van der Waals surface area (Å²) in [6, 6.07) is 9.25. The van der Waals surface area contributed by atoms with Crippen molar-refractivity contribution in [2.45, 2.75) is 97.6 Å². The molecule has 35 heavy (non-hydrogen) atoms. The summed E-state index contributed by atoms with van der Waals surface area (Å²) in [6.45, 7) is 10.9. The van der Waals surface area contributed by atoms with E-state index in [0.29, 0.717) is 29.7 Å². The first-order chi connectivity index (χ1) is 16.5. The molecule has 3 saturated carbocycles. The van der Waals surface area contributed by atoms with E-state index in [-0.39, 0.29) is 46.1 Å². The van der Waals surface area contributed by atoms with Crippen LogP contribution in [0.3, 0.4) is 0 Å². The number of amides is 3. The fourth-order valence-electron chi connectivity index (χ4n) is 8.74. The summed E-state index contributed by atoms with van der Waals surface area (Å²) in [5.74, 6) is 1.79. The second-order valence-corrected chi connectivity index (χ2v) is 13.3. The molecule has 0 spiro atoms. The van der Waals surface area contributed by atoms with Gasteiger partial charge in [-0.15, -0.1) is 0 Å². The Morgan fingerprint density at radius 3 is 2.29 bits per heavy atom. The molecule has 1 heterocycles. The molecule has 0 aromatic heterocycles. The number of nitrogens with one attached hydrogen (secondary N) is 1. The van der Waals surface area contributed by atoms with Gasteiger partial charge in [0.05, 0.1) is 0 Å². The van der Waals surface area contributed by atoms with Crippen molar-refractivity contribution in [2.24, 2.45) is 34.5 Å². The van der Waals surface area contributed by atoms with Crippen molar-refractivity contribution in [2.75, 3.05) is 0 Å². The van der Waals surface area contributed by atoms with E-state index in [4.69, 9.17) is 0 Å². The number of imide groups is 1. The molecule has 0 radical (unpaired) electrons. The molecule has 1 aromatic rings. The molecule has 1 N–H and O–H groups in total. The van der Waals surface area contributed by atoms with E-state index in [2.05, 4.69) is 39.9 Å². The minimum atomic E-state index is -0.211. The first kappa shape index (κ1) is 24.5. The standard InChI is InChI=1S/C30H42N2O3/c1-28(2,3)31-26(34)23-13-12-21-20-11-14-24-30(5,22(20)15-17-29(21,23)4)18-16-25(33)32(24)27(35)19-9-7-6-8-10-19/h6-10,20-24H,11-18H2,1-5H3,(H,31,34)/t20-,21-,22-,23+,24+,29-,30+/m0/s1. The van der Waals surface area contributed by atoms with E-state index in [0.717, 1.165) is 44.9 Å². The molecule has 1 aromatic carbocycles. The van der Waals surface area contributed by atoms with Crippen LogP contribution in [0.15, 0.2) is 30.3 Å². The molecule has 0 unspecified atom stereocenters. The topological polar surface area (TPSA) is 66.5 Å². The molecular formula is C30H42N2O3. The van der Waals surface area contributed by atoms with Crippen molar-refractivity contribution >= 4 is 17.7 Å². The van der Waals surface area contributed by atoms with Crippen molar-refractivity contribution in [1.29, 1.82) is 0 Å². The van der Waals surface area contributed by atoms with E-state index in [9.17, 15) is 14.4 Å². The number of fused-ring (bicyclic) bond motifs is 5. The van der Waals surface area contributed by atoms with Crippen LogP contribution in [0.4, 0.5) is 0 Å². The van der Waals surface area contributed by atoms with Gasteiger partial charge in [0, 0.05) is 29.5 Å². The number of hydrogen-bond donors (Lipinski definition) is 1. The maximum atomic E-state index is 13.5. The number of piperidine rings is 1. The lowest BCUT2D eigenvalue weighted by Gasteiger charge is -2.61. The highest BCUT2D eigenvalue weighted by molar-refractivity contribution is 6.05. The fourth-order valence-corrected chi connectivity index (χ4v) is 8.74. The Bertz CT molecular complexity index is 1010. The number of carbonyl (C=O) groups excluding carboxylic acids is 3. The second kappa shape index (κ2) is 8.45. The molecule has 5 rings (SSSR count). The van der Waals surface area contributed by atoms with Gasteiger partial charge in [0.2, 0.25) is 11.8 Å². The minimum Gasteiger partial charge on any atom is -0.351 e. The van der Waals surface area contributed by atoms with Crippen molar-refractivity contribution in [3.05, 3.63) is 35.9 Å². The minimum absolute atomic E-state index is 0.0137. The van der Waals surface area contributed by atoms with Crippen LogP contribution in [0.5, 0.6) is 0 Å². The predicted octanol–water partition coefficient (Wildman–Crippen LogP) is 5.59. The third-order valence-electron chi connectivity index (χ3n) is 10.3. The number of carbonyl (C=O) groups is 3. The van der Waals surface area contributed by atoms with Crippen LogP contribution in [0, 0.1) is 34.5 Å². The Morgan fingerprint density at radius 1 is 0.914 bits per heavy atom. The quantitative estimate of drug-likeness (QED) is 0.564. The van der Waals surface area contributed by atoms with Gasteiger partial charge in [-0.1, -0.05) is 32.0 Å². The fraction of sp³-hybridized carbons (Fsp3) is 0.700. The van der Waals surface area contributed by atoms with E-state index in [1.54, 1.807) is 4.90 Å². The highest BCUT2D eigenvalue weighted by atomic mass is 16.2. The van der Waals surface area contributed by atoms with Crippen LogP contribution in [0.1, 0.15) is 96.3 Å². The molecule has 4 fully saturated rings. The molecule has 3 amide bonds. The van der Waals surface area contributed by atoms with Crippen molar-refractivity contribution in [3.8, 4) is 0 Å². The number of nitrogens with zero attached hydrogens (tertiary/aromatic N) is 1. The maximum absolute atomic E-state index is 13.5. The number of hydrogen-bond acceptors (Lipinski definition) is 3. The number of rotatable bonds is 2. The lowest BCUT2D eigenvalue weighted by Crippen LogP contribution is -2.63. The molecular weight excluding hydrogens is 436 g/mol. The highest BCUT2D eigenvalue weighted by Crippen LogP contribution is 2.66. The molecule has 4 aliphatic rings. The van der Waals surface area contributed by atoms with Crippen molar-refractivity contribution in [3.63, 3.8) is 0 Å².